The van der Waals surface area contributed by atoms with Gasteiger partial charge in [-0.3, -0.25) is 9.59 Å². The normalized spacial score (nSPS) is 41.5. The van der Waals surface area contributed by atoms with Crippen molar-refractivity contribution >= 4 is 11.6 Å². The molecular weight excluding hydrogens is 320 g/mol. The second-order valence-electron chi connectivity index (χ2n) is 9.14. The Morgan fingerprint density at radius 1 is 0.769 bits per heavy atom. The fourth-order valence-electron chi connectivity index (χ4n) is 5.51. The Morgan fingerprint density at radius 2 is 1.15 bits per heavy atom. The summed E-state index contributed by atoms with van der Waals surface area (Å²) >= 11 is 0. The Morgan fingerprint density at radius 3 is 1.54 bits per heavy atom. The van der Waals surface area contributed by atoms with E-state index in [9.17, 15) is 9.59 Å². The Hall–Kier alpha value is -1.70. The van der Waals surface area contributed by atoms with E-state index in [1.165, 1.54) is 0 Å². The van der Waals surface area contributed by atoms with Crippen LogP contribution >= 0.6 is 0 Å². The standard InChI is InChI=1S/C24H32O2/c1-17-9-5-7-14-24(4)16-12-20(26)22(24)18(2)10-6-8-13-23(3)15-11-19(25)21(17)23/h5-6,9-10,21-22H,1-2,7-8,11-16H2,3-4H3/b9-5-,10-6-/t21-,22+,23-,24+. The van der Waals surface area contributed by atoms with Crippen LogP contribution in [0.2, 0.25) is 0 Å². The van der Waals surface area contributed by atoms with Gasteiger partial charge in [0.2, 0.25) is 0 Å². The summed E-state index contributed by atoms with van der Waals surface area (Å²) in [7, 11) is 0. The average molecular weight is 353 g/mol. The van der Waals surface area contributed by atoms with Crippen LogP contribution in [0.4, 0.5) is 0 Å². The van der Waals surface area contributed by atoms with E-state index in [0.29, 0.717) is 24.4 Å². The van der Waals surface area contributed by atoms with Crippen LogP contribution in [-0.4, -0.2) is 11.6 Å². The number of allylic oxidation sites excluding steroid dienone is 6. The molecule has 0 aromatic heterocycles. The van der Waals surface area contributed by atoms with Gasteiger partial charge in [0.05, 0.1) is 0 Å². The number of carbonyl (C=O) groups excluding carboxylic acids is 2. The maximum atomic E-state index is 12.5. The lowest BCUT2D eigenvalue weighted by molar-refractivity contribution is -0.121. The highest BCUT2D eigenvalue weighted by Gasteiger charge is 2.46. The summed E-state index contributed by atoms with van der Waals surface area (Å²) in [6.07, 6.45) is 15.4. The van der Waals surface area contributed by atoms with E-state index in [2.05, 4.69) is 51.3 Å². The molecule has 0 unspecified atom stereocenters. The largest absolute Gasteiger partial charge is 0.299 e. The van der Waals surface area contributed by atoms with Crippen molar-refractivity contribution in [2.24, 2.45) is 22.7 Å². The van der Waals surface area contributed by atoms with E-state index in [1.807, 2.05) is 0 Å². The molecule has 3 rings (SSSR count). The van der Waals surface area contributed by atoms with E-state index in [-0.39, 0.29) is 22.7 Å². The molecule has 2 saturated carbocycles. The Kier molecular flexibility index (Phi) is 5.23. The molecule has 0 aromatic carbocycles. The molecule has 2 heteroatoms. The van der Waals surface area contributed by atoms with Gasteiger partial charge in [-0.15, -0.1) is 0 Å². The van der Waals surface area contributed by atoms with Crippen molar-refractivity contribution in [3.8, 4) is 0 Å². The minimum Gasteiger partial charge on any atom is -0.299 e. The fourth-order valence-corrected chi connectivity index (χ4v) is 5.51. The molecule has 0 amide bonds. The summed E-state index contributed by atoms with van der Waals surface area (Å²) in [5, 5.41) is 0. The predicted molar refractivity (Wildman–Crippen MR) is 107 cm³/mol. The third kappa shape index (κ3) is 3.43. The highest BCUT2D eigenvalue weighted by molar-refractivity contribution is 5.88. The van der Waals surface area contributed by atoms with Gasteiger partial charge in [-0.25, -0.2) is 0 Å². The number of hydrogen-bond acceptors (Lipinski definition) is 2. The Balaban J connectivity index is 1.88. The first-order valence-corrected chi connectivity index (χ1v) is 10.0. The molecule has 2 fully saturated rings. The van der Waals surface area contributed by atoms with Gasteiger partial charge in [0, 0.05) is 24.7 Å². The molecule has 0 bridgehead atoms. The van der Waals surface area contributed by atoms with E-state index < -0.39 is 0 Å². The lowest BCUT2D eigenvalue weighted by atomic mass is 9.71. The lowest BCUT2D eigenvalue weighted by Crippen LogP contribution is -2.27. The predicted octanol–water partition coefficient (Wildman–Crippen LogP) is 5.76. The van der Waals surface area contributed by atoms with Gasteiger partial charge >= 0.3 is 0 Å². The van der Waals surface area contributed by atoms with Crippen LogP contribution in [-0.2, 0) is 9.59 Å². The van der Waals surface area contributed by atoms with Crippen LogP contribution in [0.15, 0.2) is 48.6 Å². The monoisotopic (exact) mass is 352 g/mol. The van der Waals surface area contributed by atoms with Crippen molar-refractivity contribution in [2.45, 2.75) is 65.2 Å². The second-order valence-corrected chi connectivity index (χ2v) is 9.14. The van der Waals surface area contributed by atoms with Gasteiger partial charge in [0.25, 0.3) is 0 Å². The summed E-state index contributed by atoms with van der Waals surface area (Å²) in [5.41, 5.74) is 1.91. The second kappa shape index (κ2) is 7.13. The first-order valence-electron chi connectivity index (χ1n) is 10.0. The van der Waals surface area contributed by atoms with Gasteiger partial charge < -0.3 is 0 Å². The molecule has 0 radical (unpaired) electrons. The molecule has 3 aliphatic rings. The summed E-state index contributed by atoms with van der Waals surface area (Å²) in [5.74, 6) is 0.594. The van der Waals surface area contributed by atoms with Gasteiger partial charge in [0.15, 0.2) is 0 Å². The van der Waals surface area contributed by atoms with Crippen LogP contribution in [0.5, 0.6) is 0 Å². The maximum absolute atomic E-state index is 12.5. The molecule has 0 aromatic rings. The van der Waals surface area contributed by atoms with Crippen LogP contribution in [0.25, 0.3) is 0 Å². The van der Waals surface area contributed by atoms with E-state index >= 15 is 0 Å². The summed E-state index contributed by atoms with van der Waals surface area (Å²) < 4.78 is 0. The number of ketones is 2. The molecule has 0 spiro atoms. The van der Waals surface area contributed by atoms with Gasteiger partial charge in [0.1, 0.15) is 11.6 Å². The zero-order valence-corrected chi connectivity index (χ0v) is 16.4. The first-order chi connectivity index (χ1) is 12.3. The quantitative estimate of drug-likeness (QED) is 0.556. The van der Waals surface area contributed by atoms with Gasteiger partial charge in [-0.2, -0.15) is 0 Å². The molecule has 0 N–H and O–H groups in total. The first kappa shape index (κ1) is 19.1. The summed E-state index contributed by atoms with van der Waals surface area (Å²) in [4.78, 5) is 25.0. The van der Waals surface area contributed by atoms with Crippen molar-refractivity contribution in [1.29, 1.82) is 0 Å². The summed E-state index contributed by atoms with van der Waals surface area (Å²) in [6.45, 7) is 12.9. The molecule has 4 atom stereocenters. The average Bonchev–Trinajstić information content (AvgIpc) is 3.04. The molecular formula is C24H32O2. The van der Waals surface area contributed by atoms with E-state index in [0.717, 1.165) is 49.7 Å². The topological polar surface area (TPSA) is 34.1 Å². The van der Waals surface area contributed by atoms with Crippen molar-refractivity contribution in [2.75, 3.05) is 0 Å². The van der Waals surface area contributed by atoms with Crippen LogP contribution in [0.1, 0.15) is 65.2 Å². The van der Waals surface area contributed by atoms with Crippen LogP contribution in [0, 0.1) is 22.7 Å². The third-order valence-electron chi connectivity index (χ3n) is 7.09. The van der Waals surface area contributed by atoms with Crippen molar-refractivity contribution in [3.63, 3.8) is 0 Å². The molecule has 0 saturated heterocycles. The minimum absolute atomic E-state index is 0.00795. The Labute approximate surface area is 158 Å². The number of hydrogen-bond donors (Lipinski definition) is 0. The highest BCUT2D eigenvalue weighted by atomic mass is 16.1. The molecule has 0 aliphatic heterocycles. The SMILES string of the molecule is C=C1/C=C\CC[C@@]2(C)CCC(=O)[C@@H]2C(=C)/C=C\CC[C@]2(C)CCC(=O)[C@@H]12. The van der Waals surface area contributed by atoms with Gasteiger partial charge in [-0.05, 0) is 60.5 Å². The molecule has 3 aliphatic carbocycles. The summed E-state index contributed by atoms with van der Waals surface area (Å²) in [6, 6.07) is 0. The zero-order valence-electron chi connectivity index (χ0n) is 16.4. The zero-order chi connectivity index (χ0) is 18.9. The fraction of sp³-hybridized carbons (Fsp3) is 0.583. The van der Waals surface area contributed by atoms with Crippen molar-refractivity contribution in [1.82, 2.24) is 0 Å². The molecule has 26 heavy (non-hydrogen) atoms. The number of Topliss-reactive ketones (excluding diaryl/α,β-unsaturated/α-hetero) is 2. The lowest BCUT2D eigenvalue weighted by Gasteiger charge is -2.32. The molecule has 0 heterocycles. The smallest absolute Gasteiger partial charge is 0.140 e. The van der Waals surface area contributed by atoms with E-state index in [4.69, 9.17) is 0 Å². The number of fused-ring (bicyclic) bond motifs is 2. The molecule has 2 nitrogen and oxygen atoms in total. The number of carbonyl (C=O) groups is 2. The van der Waals surface area contributed by atoms with E-state index in [1.54, 1.807) is 0 Å². The molecule has 140 valence electrons. The van der Waals surface area contributed by atoms with Gasteiger partial charge in [-0.1, -0.05) is 51.3 Å². The highest BCUT2D eigenvalue weighted by Crippen LogP contribution is 2.50. The third-order valence-corrected chi connectivity index (χ3v) is 7.09. The van der Waals surface area contributed by atoms with Crippen molar-refractivity contribution < 1.29 is 9.59 Å². The maximum Gasteiger partial charge on any atom is 0.140 e. The van der Waals surface area contributed by atoms with Crippen LogP contribution < -0.4 is 0 Å². The minimum atomic E-state index is -0.0466. The Bertz CT molecular complexity index is 635. The van der Waals surface area contributed by atoms with Crippen LogP contribution in [0.3, 0.4) is 0 Å². The number of rotatable bonds is 0. The van der Waals surface area contributed by atoms with Crippen molar-refractivity contribution in [3.05, 3.63) is 48.6 Å².